The van der Waals surface area contributed by atoms with Crippen LogP contribution in [0.4, 0.5) is 0 Å². The minimum Gasteiger partial charge on any atom is -0.396 e. The second-order valence-electron chi connectivity index (χ2n) is 12.3. The predicted molar refractivity (Wildman–Crippen MR) is 112 cm³/mol. The van der Waals surface area contributed by atoms with Crippen molar-refractivity contribution in [3.05, 3.63) is 0 Å². The molecule has 0 radical (unpaired) electrons. The molecular weight excluding hydrogens is 364 g/mol. The Kier molecular flexibility index (Phi) is 4.44. The normalized spacial score (nSPS) is 63.3. The first kappa shape index (κ1) is 20.7. The summed E-state index contributed by atoms with van der Waals surface area (Å²) < 4.78 is 0. The van der Waals surface area contributed by atoms with Crippen LogP contribution in [0.3, 0.4) is 0 Å². The maximum atomic E-state index is 12.0. The first-order chi connectivity index (χ1) is 13.5. The van der Waals surface area contributed by atoms with Gasteiger partial charge in [0.15, 0.2) is 0 Å². The predicted octanol–water partition coefficient (Wildman–Crippen LogP) is 3.36. The second-order valence-corrected chi connectivity index (χ2v) is 12.3. The first-order valence-corrected chi connectivity index (χ1v) is 12.3. The Morgan fingerprint density at radius 1 is 0.966 bits per heavy atom. The number of fused-ring (bicyclic) bond motifs is 8. The van der Waals surface area contributed by atoms with E-state index in [0.717, 1.165) is 32.1 Å². The van der Waals surface area contributed by atoms with Gasteiger partial charge in [-0.15, -0.1) is 0 Å². The lowest BCUT2D eigenvalue weighted by Gasteiger charge is -2.64. The zero-order valence-corrected chi connectivity index (χ0v) is 18.8. The van der Waals surface area contributed by atoms with Gasteiger partial charge in [0.2, 0.25) is 0 Å². The summed E-state index contributed by atoms with van der Waals surface area (Å²) in [5.74, 6) is 3.16. The molecule has 166 valence electrons. The molecule has 0 aromatic carbocycles. The van der Waals surface area contributed by atoms with Crippen LogP contribution >= 0.6 is 0 Å². The van der Waals surface area contributed by atoms with E-state index in [9.17, 15) is 20.4 Å². The molecule has 5 saturated carbocycles. The average Bonchev–Trinajstić information content (AvgIpc) is 3.46. The summed E-state index contributed by atoms with van der Waals surface area (Å²) in [4.78, 5) is 0. The van der Waals surface area contributed by atoms with E-state index in [1.807, 2.05) is 0 Å². The lowest BCUT2D eigenvalue weighted by molar-refractivity contribution is -0.235. The Balaban J connectivity index is 1.54. The van der Waals surface area contributed by atoms with Gasteiger partial charge in [-0.25, -0.2) is 0 Å². The molecule has 5 aliphatic rings. The summed E-state index contributed by atoms with van der Waals surface area (Å²) in [6.07, 6.45) is 6.51. The summed E-state index contributed by atoms with van der Waals surface area (Å²) in [6, 6.07) is 0. The maximum absolute atomic E-state index is 12.0. The Labute approximate surface area is 176 Å². The molecular formula is C25H42O4. The summed E-state index contributed by atoms with van der Waals surface area (Å²) >= 11 is 0. The quantitative estimate of drug-likeness (QED) is 0.579. The number of hydrogen-bond acceptors (Lipinski definition) is 4. The van der Waals surface area contributed by atoms with E-state index < -0.39 is 11.2 Å². The van der Waals surface area contributed by atoms with Crippen LogP contribution in [-0.4, -0.2) is 44.3 Å². The first-order valence-electron chi connectivity index (χ1n) is 12.3. The van der Waals surface area contributed by atoms with Crippen molar-refractivity contribution in [2.75, 3.05) is 6.61 Å². The standard InChI is InChI=1S/C25H42O4/c1-14-15(2)24(28,8-5-11-26)23(4)10-7-18-20(21(14)23)17-12-19(17)25(29)13-16(27)6-9-22(18,25)3/h14-21,26-29H,5-13H2,1-4H3/t14-,15+,16+,17+,18?,19-,20?,21?,22-,23+,24+,25-/m1/s1. The molecule has 4 nitrogen and oxygen atoms in total. The Hall–Kier alpha value is -0.160. The van der Waals surface area contributed by atoms with Gasteiger partial charge in [-0.3, -0.25) is 0 Å². The number of aliphatic hydroxyl groups excluding tert-OH is 2. The van der Waals surface area contributed by atoms with Gasteiger partial charge < -0.3 is 20.4 Å². The molecule has 5 rings (SSSR count). The highest BCUT2D eigenvalue weighted by atomic mass is 16.3. The maximum Gasteiger partial charge on any atom is 0.0759 e. The van der Waals surface area contributed by atoms with Gasteiger partial charge in [-0.1, -0.05) is 27.7 Å². The molecule has 5 aliphatic carbocycles. The van der Waals surface area contributed by atoms with Crippen molar-refractivity contribution >= 4 is 0 Å². The molecule has 0 spiro atoms. The lowest BCUT2D eigenvalue weighted by Crippen LogP contribution is -2.65. The second kappa shape index (κ2) is 6.21. The molecule has 0 amide bonds. The van der Waals surface area contributed by atoms with Crippen molar-refractivity contribution in [2.45, 2.75) is 96.4 Å². The third-order valence-electron chi connectivity index (χ3n) is 11.7. The minimum absolute atomic E-state index is 0.102. The minimum atomic E-state index is -0.703. The van der Waals surface area contributed by atoms with E-state index in [-0.39, 0.29) is 29.5 Å². The topological polar surface area (TPSA) is 80.9 Å². The zero-order valence-electron chi connectivity index (χ0n) is 18.8. The average molecular weight is 407 g/mol. The summed E-state index contributed by atoms with van der Waals surface area (Å²) in [5, 5.41) is 43.7. The molecule has 12 atom stereocenters. The van der Waals surface area contributed by atoms with Crippen LogP contribution in [0.2, 0.25) is 0 Å². The van der Waals surface area contributed by atoms with E-state index in [0.29, 0.717) is 54.8 Å². The van der Waals surface area contributed by atoms with Crippen molar-refractivity contribution in [1.82, 2.24) is 0 Å². The van der Waals surface area contributed by atoms with Gasteiger partial charge in [0.05, 0.1) is 17.3 Å². The number of rotatable bonds is 3. The Morgan fingerprint density at radius 3 is 2.34 bits per heavy atom. The molecule has 0 heterocycles. The molecule has 0 aromatic rings. The third-order valence-corrected chi connectivity index (χ3v) is 11.7. The van der Waals surface area contributed by atoms with Crippen molar-refractivity contribution < 1.29 is 20.4 Å². The van der Waals surface area contributed by atoms with Crippen molar-refractivity contribution in [1.29, 1.82) is 0 Å². The van der Waals surface area contributed by atoms with E-state index in [1.54, 1.807) is 0 Å². The van der Waals surface area contributed by atoms with Gasteiger partial charge in [0.25, 0.3) is 0 Å². The lowest BCUT2D eigenvalue weighted by atomic mass is 9.42. The van der Waals surface area contributed by atoms with Crippen LogP contribution in [0.25, 0.3) is 0 Å². The molecule has 29 heavy (non-hydrogen) atoms. The number of hydrogen-bond donors (Lipinski definition) is 4. The SMILES string of the molecule is C[C@H]1C2C3C(CC[C@]2(C)[C@](O)(CCCO)[C@H]1C)[C@@]1(C)CC[C@H](O)C[C@@]1(O)[C@@H]1C[C@H]31. The molecule has 5 fully saturated rings. The van der Waals surface area contributed by atoms with E-state index in [4.69, 9.17) is 0 Å². The van der Waals surface area contributed by atoms with E-state index in [1.165, 1.54) is 0 Å². The van der Waals surface area contributed by atoms with Crippen LogP contribution in [0, 0.1) is 52.3 Å². The molecule has 3 unspecified atom stereocenters. The smallest absolute Gasteiger partial charge is 0.0759 e. The van der Waals surface area contributed by atoms with Gasteiger partial charge in [-0.05, 0) is 97.2 Å². The van der Waals surface area contributed by atoms with E-state index >= 15 is 0 Å². The fourth-order valence-electron chi connectivity index (χ4n) is 10.0. The Bertz CT molecular complexity index is 682. The van der Waals surface area contributed by atoms with Gasteiger partial charge in [0, 0.05) is 13.0 Å². The van der Waals surface area contributed by atoms with E-state index in [2.05, 4.69) is 27.7 Å². The third kappa shape index (κ3) is 2.30. The van der Waals surface area contributed by atoms with Gasteiger partial charge in [0.1, 0.15) is 0 Å². The molecule has 0 bridgehead atoms. The van der Waals surface area contributed by atoms with Crippen molar-refractivity contribution in [3.63, 3.8) is 0 Å². The summed E-state index contributed by atoms with van der Waals surface area (Å²) in [7, 11) is 0. The summed E-state index contributed by atoms with van der Waals surface area (Å²) in [6.45, 7) is 9.42. The zero-order chi connectivity index (χ0) is 21.0. The molecule has 0 saturated heterocycles. The highest BCUT2D eigenvalue weighted by Crippen LogP contribution is 2.78. The monoisotopic (exact) mass is 406 g/mol. The van der Waals surface area contributed by atoms with Gasteiger partial charge in [-0.2, -0.15) is 0 Å². The van der Waals surface area contributed by atoms with Gasteiger partial charge >= 0.3 is 0 Å². The number of aliphatic hydroxyl groups is 4. The Morgan fingerprint density at radius 2 is 1.66 bits per heavy atom. The molecule has 4 heteroatoms. The van der Waals surface area contributed by atoms with Crippen LogP contribution in [0.5, 0.6) is 0 Å². The fourth-order valence-corrected chi connectivity index (χ4v) is 10.0. The highest BCUT2D eigenvalue weighted by Gasteiger charge is 2.77. The molecule has 0 aromatic heterocycles. The molecule has 4 N–H and O–H groups in total. The van der Waals surface area contributed by atoms with Crippen LogP contribution in [0.1, 0.15) is 79.1 Å². The van der Waals surface area contributed by atoms with Crippen LogP contribution < -0.4 is 0 Å². The van der Waals surface area contributed by atoms with Crippen molar-refractivity contribution in [3.8, 4) is 0 Å². The summed E-state index contributed by atoms with van der Waals surface area (Å²) in [5.41, 5.74) is -1.61. The van der Waals surface area contributed by atoms with Crippen molar-refractivity contribution in [2.24, 2.45) is 52.3 Å². The van der Waals surface area contributed by atoms with Crippen LogP contribution in [0.15, 0.2) is 0 Å². The fraction of sp³-hybridized carbons (Fsp3) is 1.00. The highest BCUT2D eigenvalue weighted by molar-refractivity contribution is 5.26. The largest absolute Gasteiger partial charge is 0.396 e. The van der Waals surface area contributed by atoms with Crippen LogP contribution in [-0.2, 0) is 0 Å². The molecule has 0 aliphatic heterocycles.